The van der Waals surface area contributed by atoms with Gasteiger partial charge in [-0.15, -0.1) is 0 Å². The second-order valence-corrected chi connectivity index (χ2v) is 17.7. The number of carbonyl (C=O) groups is 2. The topological polar surface area (TPSA) is 116 Å². The van der Waals surface area contributed by atoms with Crippen molar-refractivity contribution in [2.45, 2.75) is 84.8 Å². The molecule has 4 fully saturated rings. The van der Waals surface area contributed by atoms with Crippen LogP contribution in [0.1, 0.15) is 59.3 Å². The first-order chi connectivity index (χ1) is 23.1. The van der Waals surface area contributed by atoms with Crippen molar-refractivity contribution in [2.75, 3.05) is 13.2 Å². The predicted molar refractivity (Wildman–Crippen MR) is 181 cm³/mol. The van der Waals surface area contributed by atoms with Crippen LogP contribution in [0.3, 0.4) is 0 Å². The molecule has 0 atom stereocenters. The summed E-state index contributed by atoms with van der Waals surface area (Å²) in [6.45, 7) is 3.81. The molecule has 0 saturated heterocycles. The molecule has 0 aliphatic heterocycles. The number of esters is 2. The highest BCUT2D eigenvalue weighted by molar-refractivity contribution is 7.97. The van der Waals surface area contributed by atoms with Crippen LogP contribution in [0.4, 0.5) is 8.78 Å². The second kappa shape index (κ2) is 14.8. The number of hydrogen-bond acceptors (Lipinski definition) is 7. The van der Waals surface area contributed by atoms with Crippen LogP contribution < -0.4 is 4.74 Å². The molecule has 12 heteroatoms. The maximum absolute atomic E-state index is 13.1. The number of halogens is 2. The van der Waals surface area contributed by atoms with Crippen molar-refractivity contribution in [3.8, 4) is 5.75 Å². The van der Waals surface area contributed by atoms with Gasteiger partial charge in [0.25, 0.3) is 0 Å². The molecule has 4 bridgehead atoms. The Morgan fingerprint density at radius 3 is 1.76 bits per heavy atom. The molecule has 4 aliphatic rings. The monoisotopic (exact) mass is 717 g/mol. The van der Waals surface area contributed by atoms with Crippen molar-refractivity contribution in [2.24, 2.45) is 23.2 Å². The molecule has 0 aromatic heterocycles. The quantitative estimate of drug-likeness (QED) is 0.129. The van der Waals surface area contributed by atoms with E-state index in [1.54, 1.807) is 0 Å². The fourth-order valence-electron chi connectivity index (χ4n) is 7.49. The molecular weight excluding hydrogens is 675 g/mol. The van der Waals surface area contributed by atoms with E-state index in [0.717, 1.165) is 24.2 Å². The summed E-state index contributed by atoms with van der Waals surface area (Å²) in [5, 5.41) is -4.45. The van der Waals surface area contributed by atoms with E-state index in [2.05, 4.69) is 35.1 Å². The number of alkyl halides is 2. The highest BCUT2D eigenvalue weighted by atomic mass is 32.2. The summed E-state index contributed by atoms with van der Waals surface area (Å²) in [5.74, 6) is 0.943. The zero-order valence-corrected chi connectivity index (χ0v) is 29.5. The van der Waals surface area contributed by atoms with E-state index in [0.29, 0.717) is 42.8 Å². The number of hydrogen-bond donors (Lipinski definition) is 1. The lowest BCUT2D eigenvalue weighted by molar-refractivity contribution is -0.176. The van der Waals surface area contributed by atoms with Crippen molar-refractivity contribution in [3.05, 3.63) is 84.9 Å². The summed E-state index contributed by atoms with van der Waals surface area (Å²) in [7, 11) is -5.90. The molecule has 49 heavy (non-hydrogen) atoms. The Kier molecular flexibility index (Phi) is 11.1. The van der Waals surface area contributed by atoms with Gasteiger partial charge in [0.05, 0.1) is 5.41 Å². The average Bonchev–Trinajstić information content (AvgIpc) is 3.03. The van der Waals surface area contributed by atoms with Gasteiger partial charge in [-0.25, -0.2) is 4.79 Å². The summed E-state index contributed by atoms with van der Waals surface area (Å²) >= 11 is 0. The van der Waals surface area contributed by atoms with Crippen LogP contribution >= 0.6 is 0 Å². The van der Waals surface area contributed by atoms with E-state index in [-0.39, 0.29) is 23.5 Å². The molecule has 7 rings (SSSR count). The second-order valence-electron chi connectivity index (χ2n) is 14.1. The van der Waals surface area contributed by atoms with Gasteiger partial charge in [-0.05, 0) is 113 Å². The van der Waals surface area contributed by atoms with E-state index in [4.69, 9.17) is 14.0 Å². The van der Waals surface area contributed by atoms with Gasteiger partial charge >= 0.3 is 27.3 Å². The fraction of sp³-hybridized carbons (Fsp3) is 0.459. The van der Waals surface area contributed by atoms with E-state index in [1.807, 2.05) is 75.4 Å². The standard InChI is InChI=1S/C24H25O3S.C13H18F2O5S/c1-24(2,3)27-23(25)18-26-21-16-10-11-17-22(21)28(19-12-6-4-7-13-19)20-14-8-5-9-15-20;14-13(15,21(17,18)19)7-20-11(16)12-4-8-1-9(5-12)3-10(2-8)6-12/h4-17H,18H2,1-3H3;8-10H,1-7H2,(H,17,18,19)/q+1;. The molecule has 8 nitrogen and oxygen atoms in total. The lowest BCUT2D eigenvalue weighted by Gasteiger charge is -2.55. The molecule has 0 heterocycles. The molecule has 4 saturated carbocycles. The number of rotatable bonds is 10. The fourth-order valence-corrected chi connectivity index (χ4v) is 9.88. The van der Waals surface area contributed by atoms with Gasteiger partial charge in [-0.2, -0.15) is 17.2 Å². The van der Waals surface area contributed by atoms with E-state index >= 15 is 0 Å². The first kappa shape index (κ1) is 36.8. The summed E-state index contributed by atoms with van der Waals surface area (Å²) < 4.78 is 71.6. The maximum Gasteiger partial charge on any atom is 0.402 e. The molecule has 3 aromatic carbocycles. The molecular formula is C37H43F2O8S2+. The van der Waals surface area contributed by atoms with Gasteiger partial charge < -0.3 is 14.2 Å². The van der Waals surface area contributed by atoms with Gasteiger partial charge in [0, 0.05) is 0 Å². The van der Waals surface area contributed by atoms with Gasteiger partial charge in [0.15, 0.2) is 28.8 Å². The third kappa shape index (κ3) is 9.20. The molecule has 1 N–H and O–H groups in total. The molecule has 0 unspecified atom stereocenters. The van der Waals surface area contributed by atoms with Crippen LogP contribution in [0.15, 0.2) is 99.6 Å². The molecule has 0 amide bonds. The minimum absolute atomic E-state index is 0.116. The van der Waals surface area contributed by atoms with Crippen molar-refractivity contribution >= 4 is 33.0 Å². The van der Waals surface area contributed by atoms with Crippen LogP contribution in [-0.4, -0.2) is 49.0 Å². The first-order valence-corrected chi connectivity index (χ1v) is 19.0. The van der Waals surface area contributed by atoms with E-state index in [1.165, 1.54) is 9.79 Å². The van der Waals surface area contributed by atoms with E-state index in [9.17, 15) is 26.8 Å². The molecule has 0 radical (unpaired) electrons. The summed E-state index contributed by atoms with van der Waals surface area (Å²) in [4.78, 5) is 27.8. The number of ether oxygens (including phenoxy) is 3. The highest BCUT2D eigenvalue weighted by Gasteiger charge is 2.56. The van der Waals surface area contributed by atoms with E-state index < -0.39 is 39.0 Å². The predicted octanol–water partition coefficient (Wildman–Crippen LogP) is 7.73. The third-order valence-corrected chi connectivity index (χ3v) is 12.1. The smallest absolute Gasteiger partial charge is 0.402 e. The average molecular weight is 718 g/mol. The Morgan fingerprint density at radius 2 is 1.29 bits per heavy atom. The third-order valence-electron chi connectivity index (χ3n) is 9.01. The molecule has 0 spiro atoms. The van der Waals surface area contributed by atoms with Gasteiger partial charge in [-0.1, -0.05) is 48.5 Å². The summed E-state index contributed by atoms with van der Waals surface area (Å²) in [6.07, 6.45) is 5.22. The largest absolute Gasteiger partial charge is 0.477 e. The Bertz CT molecular complexity index is 1630. The zero-order valence-electron chi connectivity index (χ0n) is 27.8. The highest BCUT2D eigenvalue weighted by Crippen LogP contribution is 2.60. The van der Waals surface area contributed by atoms with Crippen molar-refractivity contribution in [3.63, 3.8) is 0 Å². The lowest BCUT2D eigenvalue weighted by Crippen LogP contribution is -2.51. The normalized spacial score (nSPS) is 23.0. The molecule has 3 aromatic rings. The van der Waals surface area contributed by atoms with Crippen molar-refractivity contribution in [1.82, 2.24) is 0 Å². The van der Waals surface area contributed by atoms with Crippen LogP contribution in [0.2, 0.25) is 0 Å². The van der Waals surface area contributed by atoms with Crippen molar-refractivity contribution in [1.29, 1.82) is 0 Å². The maximum atomic E-state index is 13.1. The molecule has 4 aliphatic carbocycles. The van der Waals surface area contributed by atoms with Crippen LogP contribution in [0.25, 0.3) is 0 Å². The van der Waals surface area contributed by atoms with Crippen LogP contribution in [0, 0.1) is 23.2 Å². The zero-order chi connectivity index (χ0) is 35.5. The van der Waals surface area contributed by atoms with Gasteiger partial charge in [0.2, 0.25) is 4.90 Å². The number of carbonyl (C=O) groups excluding carboxylic acids is 2. The summed E-state index contributed by atoms with van der Waals surface area (Å²) in [6, 6.07) is 28.6. The number of benzene rings is 3. The van der Waals surface area contributed by atoms with Crippen molar-refractivity contribution < 1.29 is 45.6 Å². The minimum atomic E-state index is -5.56. The Labute approximate surface area is 289 Å². The lowest BCUT2D eigenvalue weighted by atomic mass is 9.49. The SMILES string of the molecule is CC(C)(C)OC(=O)COc1ccccc1[S+](c1ccccc1)c1ccccc1.O=C(OCC(F)(F)S(=O)(=O)O)C12CC3CC(CC(C3)C1)C2. The Morgan fingerprint density at radius 1 is 0.816 bits per heavy atom. The minimum Gasteiger partial charge on any atom is -0.477 e. The number of para-hydroxylation sites is 1. The summed E-state index contributed by atoms with van der Waals surface area (Å²) in [5.41, 5.74) is -1.25. The van der Waals surface area contributed by atoms with Gasteiger partial charge in [-0.3, -0.25) is 9.35 Å². The van der Waals surface area contributed by atoms with Gasteiger partial charge in [0.1, 0.15) is 16.5 Å². The van der Waals surface area contributed by atoms with Crippen LogP contribution in [0.5, 0.6) is 5.75 Å². The first-order valence-electron chi connectivity index (χ1n) is 16.4. The van der Waals surface area contributed by atoms with Crippen LogP contribution in [-0.2, 0) is 40.1 Å². The molecule has 264 valence electrons. The Balaban J connectivity index is 0.000000199. The Hall–Kier alpha value is -3.48.